The van der Waals surface area contributed by atoms with Gasteiger partial charge < -0.3 is 14.7 Å². The Kier molecular flexibility index (Phi) is 3.88. The molecule has 1 amide bonds. The summed E-state index contributed by atoms with van der Waals surface area (Å²) in [6, 6.07) is 7.41. The van der Waals surface area contributed by atoms with Gasteiger partial charge in [-0.2, -0.15) is 0 Å². The third kappa shape index (κ3) is 3.07. The first kappa shape index (κ1) is 16.6. The molecule has 1 N–H and O–H groups in total. The van der Waals surface area contributed by atoms with Crippen molar-refractivity contribution >= 4 is 17.7 Å². The predicted octanol–water partition coefficient (Wildman–Crippen LogP) is 3.95. The van der Waals surface area contributed by atoms with Crippen molar-refractivity contribution in [2.75, 3.05) is 13.1 Å². The minimum absolute atomic E-state index is 0.254. The first-order valence-electron chi connectivity index (χ1n) is 8.12. The Balaban J connectivity index is 1.79. The number of halogens is 1. The van der Waals surface area contributed by atoms with E-state index in [1.807, 2.05) is 45.0 Å². The number of aliphatic hydroxyl groups is 1. The van der Waals surface area contributed by atoms with Gasteiger partial charge in [-0.05, 0) is 57.7 Å². The van der Waals surface area contributed by atoms with Gasteiger partial charge in [0, 0.05) is 23.5 Å². The Bertz CT molecular complexity index is 604. The molecule has 1 saturated heterocycles. The van der Waals surface area contributed by atoms with Crippen molar-refractivity contribution in [3.05, 3.63) is 34.9 Å². The van der Waals surface area contributed by atoms with E-state index < -0.39 is 11.2 Å². The molecule has 2 aliphatic rings. The summed E-state index contributed by atoms with van der Waals surface area (Å²) >= 11 is 5.96. The van der Waals surface area contributed by atoms with Crippen LogP contribution >= 0.6 is 11.6 Å². The van der Waals surface area contributed by atoms with Gasteiger partial charge in [-0.3, -0.25) is 0 Å². The monoisotopic (exact) mass is 337 g/mol. The van der Waals surface area contributed by atoms with E-state index in [2.05, 4.69) is 0 Å². The molecule has 1 aromatic carbocycles. The van der Waals surface area contributed by atoms with Crippen LogP contribution < -0.4 is 0 Å². The maximum atomic E-state index is 12.3. The highest BCUT2D eigenvalue weighted by Crippen LogP contribution is 2.62. The highest BCUT2D eigenvalue weighted by Gasteiger charge is 2.62. The second-order valence-corrected chi connectivity index (χ2v) is 8.24. The standard InChI is InChI=1S/C18H24ClNO3/c1-16(2,3)23-15(21)20-11-10-18(22,17(12-20)8-9-17)13-4-6-14(19)7-5-13/h4-7,22H,8-12H2,1-3H3. The zero-order chi connectivity index (χ0) is 16.9. The Morgan fingerprint density at radius 2 is 1.83 bits per heavy atom. The lowest BCUT2D eigenvalue weighted by molar-refractivity contribution is -0.0931. The van der Waals surface area contributed by atoms with Crippen LogP contribution in [0.4, 0.5) is 4.79 Å². The average molecular weight is 338 g/mol. The topological polar surface area (TPSA) is 49.8 Å². The summed E-state index contributed by atoms with van der Waals surface area (Å²) in [6.07, 6.45) is 2.08. The molecular formula is C18H24ClNO3. The fourth-order valence-corrected chi connectivity index (χ4v) is 3.64. The van der Waals surface area contributed by atoms with Crippen molar-refractivity contribution in [1.82, 2.24) is 4.90 Å². The molecule has 1 atom stereocenters. The van der Waals surface area contributed by atoms with Crippen molar-refractivity contribution < 1.29 is 14.6 Å². The van der Waals surface area contributed by atoms with Crippen LogP contribution in [0.2, 0.25) is 5.02 Å². The number of piperidine rings is 1. The lowest BCUT2D eigenvalue weighted by atomic mass is 9.73. The van der Waals surface area contributed by atoms with Gasteiger partial charge >= 0.3 is 6.09 Å². The largest absolute Gasteiger partial charge is 0.444 e. The van der Waals surface area contributed by atoms with Crippen molar-refractivity contribution in [2.24, 2.45) is 5.41 Å². The van der Waals surface area contributed by atoms with Gasteiger partial charge in [0.2, 0.25) is 0 Å². The number of likely N-dealkylation sites (tertiary alicyclic amines) is 1. The molecule has 1 spiro atoms. The van der Waals surface area contributed by atoms with E-state index in [0.29, 0.717) is 24.5 Å². The molecule has 1 saturated carbocycles. The normalized spacial score (nSPS) is 26.2. The Morgan fingerprint density at radius 3 is 2.35 bits per heavy atom. The maximum absolute atomic E-state index is 12.3. The van der Waals surface area contributed by atoms with E-state index in [-0.39, 0.29) is 11.5 Å². The van der Waals surface area contributed by atoms with Crippen LogP contribution in [-0.4, -0.2) is 34.8 Å². The first-order valence-corrected chi connectivity index (χ1v) is 8.49. The molecule has 23 heavy (non-hydrogen) atoms. The number of rotatable bonds is 1. The predicted molar refractivity (Wildman–Crippen MR) is 89.4 cm³/mol. The van der Waals surface area contributed by atoms with Gasteiger partial charge in [0.15, 0.2) is 0 Å². The fraction of sp³-hybridized carbons (Fsp3) is 0.611. The van der Waals surface area contributed by atoms with Crippen molar-refractivity contribution in [3.63, 3.8) is 0 Å². The van der Waals surface area contributed by atoms with Gasteiger partial charge in [0.25, 0.3) is 0 Å². The van der Waals surface area contributed by atoms with Crippen LogP contribution in [0.5, 0.6) is 0 Å². The van der Waals surface area contributed by atoms with E-state index >= 15 is 0 Å². The molecule has 1 unspecified atom stereocenters. The first-order chi connectivity index (χ1) is 10.7. The van der Waals surface area contributed by atoms with E-state index in [9.17, 15) is 9.90 Å². The average Bonchev–Trinajstić information content (AvgIpc) is 3.22. The summed E-state index contributed by atoms with van der Waals surface area (Å²) in [5.74, 6) is 0. The van der Waals surface area contributed by atoms with Crippen molar-refractivity contribution in [2.45, 2.75) is 51.2 Å². The smallest absolute Gasteiger partial charge is 0.410 e. The van der Waals surface area contributed by atoms with E-state index in [1.165, 1.54) is 0 Å². The van der Waals surface area contributed by atoms with Crippen molar-refractivity contribution in [3.8, 4) is 0 Å². The summed E-state index contributed by atoms with van der Waals surface area (Å²) < 4.78 is 5.48. The zero-order valence-electron chi connectivity index (χ0n) is 13.9. The molecule has 1 aliphatic heterocycles. The lowest BCUT2D eigenvalue weighted by Crippen LogP contribution is -2.54. The van der Waals surface area contributed by atoms with E-state index in [4.69, 9.17) is 16.3 Å². The highest BCUT2D eigenvalue weighted by molar-refractivity contribution is 6.30. The molecule has 126 valence electrons. The fourth-order valence-electron chi connectivity index (χ4n) is 3.52. The van der Waals surface area contributed by atoms with Gasteiger partial charge in [0.1, 0.15) is 5.60 Å². The number of nitrogens with zero attached hydrogens (tertiary/aromatic N) is 1. The van der Waals surface area contributed by atoms with Crippen molar-refractivity contribution in [1.29, 1.82) is 0 Å². The second kappa shape index (κ2) is 5.38. The van der Waals surface area contributed by atoms with Crippen LogP contribution in [0.3, 0.4) is 0 Å². The molecule has 1 aromatic rings. The number of amides is 1. The lowest BCUT2D eigenvalue weighted by Gasteiger charge is -2.45. The van der Waals surface area contributed by atoms with Crippen LogP contribution in [0.25, 0.3) is 0 Å². The molecule has 3 rings (SSSR count). The Hall–Kier alpha value is -1.26. The molecule has 1 heterocycles. The van der Waals surface area contributed by atoms with Crippen LogP contribution in [0.1, 0.15) is 45.6 Å². The number of carbonyl (C=O) groups excluding carboxylic acids is 1. The van der Waals surface area contributed by atoms with Gasteiger partial charge in [-0.15, -0.1) is 0 Å². The van der Waals surface area contributed by atoms with E-state index in [1.54, 1.807) is 4.90 Å². The Labute approximate surface area is 142 Å². The molecule has 0 bridgehead atoms. The third-order valence-corrected chi connectivity index (χ3v) is 5.19. The SMILES string of the molecule is CC(C)(C)OC(=O)N1CCC(O)(c2ccc(Cl)cc2)C2(CC2)C1. The third-order valence-electron chi connectivity index (χ3n) is 4.94. The van der Waals surface area contributed by atoms with Crippen LogP contribution in [0.15, 0.2) is 24.3 Å². The summed E-state index contributed by atoms with van der Waals surface area (Å²) in [7, 11) is 0. The summed E-state index contributed by atoms with van der Waals surface area (Å²) in [6.45, 7) is 6.64. The number of carbonyl (C=O) groups is 1. The zero-order valence-corrected chi connectivity index (χ0v) is 14.7. The van der Waals surface area contributed by atoms with Crippen LogP contribution in [0, 0.1) is 5.41 Å². The van der Waals surface area contributed by atoms with Crippen LogP contribution in [-0.2, 0) is 10.3 Å². The minimum Gasteiger partial charge on any atom is -0.444 e. The molecule has 0 radical (unpaired) electrons. The Morgan fingerprint density at radius 1 is 1.22 bits per heavy atom. The summed E-state index contributed by atoms with van der Waals surface area (Å²) in [5, 5.41) is 12.0. The molecule has 5 heteroatoms. The number of hydrogen-bond donors (Lipinski definition) is 1. The second-order valence-electron chi connectivity index (χ2n) is 7.80. The molecule has 2 fully saturated rings. The maximum Gasteiger partial charge on any atom is 0.410 e. The van der Waals surface area contributed by atoms with Gasteiger partial charge in [-0.25, -0.2) is 4.79 Å². The summed E-state index contributed by atoms with van der Waals surface area (Å²) in [4.78, 5) is 14.1. The molecule has 1 aliphatic carbocycles. The van der Waals surface area contributed by atoms with Gasteiger partial charge in [-0.1, -0.05) is 23.7 Å². The highest BCUT2D eigenvalue weighted by atomic mass is 35.5. The quantitative estimate of drug-likeness (QED) is 0.844. The molecule has 4 nitrogen and oxygen atoms in total. The number of benzene rings is 1. The van der Waals surface area contributed by atoms with Gasteiger partial charge in [0.05, 0.1) is 5.60 Å². The number of hydrogen-bond acceptors (Lipinski definition) is 3. The molecular weight excluding hydrogens is 314 g/mol. The molecule has 0 aromatic heterocycles. The number of ether oxygens (including phenoxy) is 1. The summed E-state index contributed by atoms with van der Waals surface area (Å²) in [5.41, 5.74) is -0.757. The minimum atomic E-state index is -0.893. The van der Waals surface area contributed by atoms with E-state index in [0.717, 1.165) is 18.4 Å².